The molecule has 0 saturated heterocycles. The number of hydrogen-bond acceptors (Lipinski definition) is 3. The smallest absolute Gasteiger partial charge is 0.299 e. The minimum Gasteiger partial charge on any atom is -0.299 e. The van der Waals surface area contributed by atoms with Crippen LogP contribution in [0.3, 0.4) is 0 Å². The van der Waals surface area contributed by atoms with Crippen LogP contribution >= 0.6 is 12.2 Å². The molecule has 0 unspecified atom stereocenters. The van der Waals surface area contributed by atoms with Gasteiger partial charge in [-0.1, -0.05) is 0 Å². The number of rotatable bonds is 1. The van der Waals surface area contributed by atoms with Gasteiger partial charge in [0.25, 0.3) is 0 Å². The fraction of sp³-hybridized carbons (Fsp3) is 0.250. The van der Waals surface area contributed by atoms with Crippen LogP contribution in [0.1, 0.15) is 17.0 Å². The molecular weight excluding hydrogens is 308 g/mol. The highest BCUT2D eigenvalue weighted by Gasteiger charge is 2.37. The summed E-state index contributed by atoms with van der Waals surface area (Å²) in [5.41, 5.74) is 0.271. The molecule has 9 heteroatoms. The maximum atomic E-state index is 14.0. The number of hydrogen-bond donors (Lipinski definition) is 0. The normalized spacial score (nSPS) is 11.5. The molecule has 0 bridgehead atoms. The standard InChI is InChI=1S/C12H8F4N4S/c1-6-3-9(8(13)4-7(6)5-17)20-11(21)19(2)10(18-20)12(14,15)16/h3-4H,1-2H3. The van der Waals surface area contributed by atoms with E-state index in [9.17, 15) is 17.6 Å². The Balaban J connectivity index is 2.73. The predicted molar refractivity (Wildman–Crippen MR) is 67.8 cm³/mol. The van der Waals surface area contributed by atoms with Crippen molar-refractivity contribution in [1.29, 1.82) is 5.26 Å². The molecule has 0 radical (unpaired) electrons. The average molecular weight is 316 g/mol. The molecule has 1 heterocycles. The molecule has 2 rings (SSSR count). The van der Waals surface area contributed by atoms with Crippen molar-refractivity contribution in [3.8, 4) is 11.8 Å². The van der Waals surface area contributed by atoms with Crippen molar-refractivity contribution in [1.82, 2.24) is 14.3 Å². The zero-order chi connectivity index (χ0) is 15.9. The molecule has 0 amide bonds. The molecule has 0 fully saturated rings. The number of alkyl halides is 3. The fourth-order valence-electron chi connectivity index (χ4n) is 1.79. The quantitative estimate of drug-likeness (QED) is 0.599. The zero-order valence-electron chi connectivity index (χ0n) is 10.9. The average Bonchev–Trinajstić information content (AvgIpc) is 2.68. The minimum absolute atomic E-state index is 0.0924. The first-order valence-electron chi connectivity index (χ1n) is 5.60. The second-order valence-corrected chi connectivity index (χ2v) is 4.67. The van der Waals surface area contributed by atoms with E-state index in [0.717, 1.165) is 13.1 Å². The first kappa shape index (κ1) is 15.2. The van der Waals surface area contributed by atoms with Gasteiger partial charge in [0, 0.05) is 7.05 Å². The lowest BCUT2D eigenvalue weighted by Crippen LogP contribution is -2.12. The third-order valence-electron chi connectivity index (χ3n) is 2.88. The first-order valence-corrected chi connectivity index (χ1v) is 6.01. The molecule has 0 atom stereocenters. The van der Waals surface area contributed by atoms with Gasteiger partial charge in [0.1, 0.15) is 11.5 Å². The Hall–Kier alpha value is -2.21. The molecule has 0 N–H and O–H groups in total. The van der Waals surface area contributed by atoms with Crippen molar-refractivity contribution in [2.24, 2.45) is 7.05 Å². The van der Waals surface area contributed by atoms with Crippen LogP contribution in [0.4, 0.5) is 17.6 Å². The molecule has 0 aliphatic carbocycles. The highest BCUT2D eigenvalue weighted by Crippen LogP contribution is 2.29. The van der Waals surface area contributed by atoms with E-state index < -0.39 is 17.8 Å². The Kier molecular flexibility index (Phi) is 3.59. The zero-order valence-corrected chi connectivity index (χ0v) is 11.7. The van der Waals surface area contributed by atoms with Crippen LogP contribution in [-0.2, 0) is 13.2 Å². The van der Waals surface area contributed by atoms with Gasteiger partial charge < -0.3 is 0 Å². The molecule has 2 aromatic rings. The van der Waals surface area contributed by atoms with E-state index in [1.54, 1.807) is 13.0 Å². The number of nitriles is 1. The summed E-state index contributed by atoms with van der Waals surface area (Å²) in [6.45, 7) is 1.54. The van der Waals surface area contributed by atoms with Crippen LogP contribution in [0.2, 0.25) is 0 Å². The van der Waals surface area contributed by atoms with E-state index in [4.69, 9.17) is 17.5 Å². The predicted octanol–water partition coefficient (Wildman–Crippen LogP) is 3.28. The van der Waals surface area contributed by atoms with Gasteiger partial charge >= 0.3 is 6.18 Å². The van der Waals surface area contributed by atoms with Crippen molar-refractivity contribution < 1.29 is 17.6 Å². The van der Waals surface area contributed by atoms with Gasteiger partial charge in [-0.25, -0.2) is 9.07 Å². The Morgan fingerprint density at radius 3 is 2.43 bits per heavy atom. The van der Waals surface area contributed by atoms with Crippen molar-refractivity contribution in [3.05, 3.63) is 39.7 Å². The van der Waals surface area contributed by atoms with Crippen molar-refractivity contribution >= 4 is 12.2 Å². The number of benzene rings is 1. The lowest BCUT2D eigenvalue weighted by molar-refractivity contribution is -0.147. The summed E-state index contributed by atoms with van der Waals surface area (Å²) < 4.78 is 53.4. The molecule has 110 valence electrons. The molecule has 0 aliphatic rings. The summed E-state index contributed by atoms with van der Waals surface area (Å²) in [5.74, 6) is -2.10. The summed E-state index contributed by atoms with van der Waals surface area (Å²) in [6.07, 6.45) is -4.70. The number of nitrogens with zero attached hydrogens (tertiary/aromatic N) is 4. The number of aromatic nitrogens is 3. The molecular formula is C12H8F4N4S. The summed E-state index contributed by atoms with van der Waals surface area (Å²) >= 11 is 4.86. The number of halogens is 4. The highest BCUT2D eigenvalue weighted by molar-refractivity contribution is 7.71. The topological polar surface area (TPSA) is 46.5 Å². The van der Waals surface area contributed by atoms with Crippen LogP contribution < -0.4 is 0 Å². The third-order valence-corrected chi connectivity index (χ3v) is 3.32. The van der Waals surface area contributed by atoms with Gasteiger partial charge in [-0.05, 0) is 36.8 Å². The molecule has 0 spiro atoms. The summed E-state index contributed by atoms with van der Waals surface area (Å²) in [7, 11) is 1.10. The largest absolute Gasteiger partial charge is 0.451 e. The Morgan fingerprint density at radius 1 is 1.33 bits per heavy atom. The molecule has 0 aliphatic heterocycles. The van der Waals surface area contributed by atoms with E-state index in [2.05, 4.69) is 5.10 Å². The highest BCUT2D eigenvalue weighted by atomic mass is 32.1. The first-order chi connectivity index (χ1) is 9.66. The van der Waals surface area contributed by atoms with Gasteiger partial charge in [0.2, 0.25) is 10.6 Å². The van der Waals surface area contributed by atoms with Gasteiger partial charge in [-0.15, -0.1) is 5.10 Å². The van der Waals surface area contributed by atoms with Gasteiger partial charge in [0.15, 0.2) is 0 Å². The molecule has 0 saturated carbocycles. The van der Waals surface area contributed by atoms with Crippen LogP contribution in [0.5, 0.6) is 0 Å². The molecule has 4 nitrogen and oxygen atoms in total. The van der Waals surface area contributed by atoms with Gasteiger partial charge in [-0.2, -0.15) is 18.4 Å². The molecule has 21 heavy (non-hydrogen) atoms. The van der Waals surface area contributed by atoms with Crippen LogP contribution in [0.15, 0.2) is 12.1 Å². The van der Waals surface area contributed by atoms with E-state index in [1.807, 2.05) is 0 Å². The Labute approximate surface area is 121 Å². The van der Waals surface area contributed by atoms with Crippen molar-refractivity contribution in [2.45, 2.75) is 13.1 Å². The Morgan fingerprint density at radius 2 is 1.95 bits per heavy atom. The maximum absolute atomic E-state index is 14.0. The summed E-state index contributed by atoms with van der Waals surface area (Å²) in [5, 5.41) is 12.1. The van der Waals surface area contributed by atoms with Crippen molar-refractivity contribution in [2.75, 3.05) is 0 Å². The second kappa shape index (κ2) is 4.96. The van der Waals surface area contributed by atoms with E-state index in [0.29, 0.717) is 14.8 Å². The lowest BCUT2D eigenvalue weighted by Gasteiger charge is -2.05. The summed E-state index contributed by atoms with van der Waals surface area (Å²) in [6, 6.07) is 3.96. The third kappa shape index (κ3) is 2.54. The van der Waals surface area contributed by atoms with Gasteiger partial charge in [-0.3, -0.25) is 4.57 Å². The molecule has 1 aromatic heterocycles. The fourth-order valence-corrected chi connectivity index (χ4v) is 2.02. The van der Waals surface area contributed by atoms with Crippen LogP contribution in [0, 0.1) is 28.8 Å². The molecule has 1 aromatic carbocycles. The monoisotopic (exact) mass is 316 g/mol. The SMILES string of the molecule is Cc1cc(-n2nc(C(F)(F)F)n(C)c2=S)c(F)cc1C#N. The Bertz CT molecular complexity index is 810. The van der Waals surface area contributed by atoms with E-state index in [1.165, 1.54) is 6.07 Å². The van der Waals surface area contributed by atoms with E-state index in [-0.39, 0.29) is 16.0 Å². The number of aryl methyl sites for hydroxylation is 1. The van der Waals surface area contributed by atoms with Crippen molar-refractivity contribution in [3.63, 3.8) is 0 Å². The second-order valence-electron chi connectivity index (χ2n) is 4.31. The minimum atomic E-state index is -4.70. The van der Waals surface area contributed by atoms with Crippen LogP contribution in [-0.4, -0.2) is 14.3 Å². The van der Waals surface area contributed by atoms with E-state index >= 15 is 0 Å². The lowest BCUT2D eigenvalue weighted by atomic mass is 10.1. The van der Waals surface area contributed by atoms with Gasteiger partial charge in [0.05, 0.1) is 11.6 Å². The van der Waals surface area contributed by atoms with Crippen LogP contribution in [0.25, 0.3) is 5.69 Å². The maximum Gasteiger partial charge on any atom is 0.451 e. The summed E-state index contributed by atoms with van der Waals surface area (Å²) in [4.78, 5) is 0.